The molecule has 1 aliphatic carbocycles. The Labute approximate surface area is 166 Å². The van der Waals surface area contributed by atoms with Crippen LogP contribution >= 0.6 is 0 Å². The number of rotatable bonds is 3. The largest absolute Gasteiger partial charge is 0.497 e. The van der Waals surface area contributed by atoms with Gasteiger partial charge in [0.15, 0.2) is 5.65 Å². The molecule has 0 unspecified atom stereocenters. The smallest absolute Gasteiger partial charge is 0.158 e. The molecule has 0 bridgehead atoms. The molecular formula is C23H28N4O. The Morgan fingerprint density at radius 2 is 1.79 bits per heavy atom. The summed E-state index contributed by atoms with van der Waals surface area (Å²) in [6.45, 7) is 6.95. The van der Waals surface area contributed by atoms with Gasteiger partial charge < -0.3 is 9.64 Å². The van der Waals surface area contributed by atoms with Crippen LogP contribution in [0, 0.1) is 11.8 Å². The van der Waals surface area contributed by atoms with Gasteiger partial charge in [0.05, 0.1) is 12.8 Å². The molecule has 0 amide bonds. The summed E-state index contributed by atoms with van der Waals surface area (Å²) in [6, 6.07) is 10.2. The Balaban J connectivity index is 1.64. The second-order valence-corrected chi connectivity index (χ2v) is 8.59. The zero-order chi connectivity index (χ0) is 19.3. The molecule has 28 heavy (non-hydrogen) atoms. The lowest BCUT2D eigenvalue weighted by molar-refractivity contribution is 0.353. The number of anilines is 1. The van der Waals surface area contributed by atoms with Gasteiger partial charge in [0.2, 0.25) is 0 Å². The minimum atomic E-state index is 0.709. The molecule has 5 nitrogen and oxygen atoms in total. The molecule has 5 rings (SSSR count). The van der Waals surface area contributed by atoms with Crippen molar-refractivity contribution in [2.24, 2.45) is 11.8 Å². The van der Waals surface area contributed by atoms with Crippen molar-refractivity contribution in [3.05, 3.63) is 41.6 Å². The normalized spacial score (nSPS) is 21.9. The second kappa shape index (κ2) is 6.80. The number of methoxy groups -OCH3 is 1. The van der Waals surface area contributed by atoms with Crippen LogP contribution in [0.1, 0.15) is 37.9 Å². The van der Waals surface area contributed by atoms with Crippen molar-refractivity contribution in [3.8, 4) is 17.0 Å². The molecule has 0 N–H and O–H groups in total. The van der Waals surface area contributed by atoms with Crippen molar-refractivity contribution in [1.82, 2.24) is 14.6 Å². The minimum absolute atomic E-state index is 0.709. The highest BCUT2D eigenvalue weighted by Crippen LogP contribution is 2.35. The molecular weight excluding hydrogens is 348 g/mol. The van der Waals surface area contributed by atoms with Gasteiger partial charge in [-0.3, -0.25) is 0 Å². The molecule has 1 fully saturated rings. The predicted octanol–water partition coefficient (Wildman–Crippen LogP) is 4.38. The molecule has 146 valence electrons. The monoisotopic (exact) mass is 376 g/mol. The van der Waals surface area contributed by atoms with Crippen molar-refractivity contribution >= 4 is 11.5 Å². The molecule has 1 aliphatic heterocycles. The van der Waals surface area contributed by atoms with Crippen LogP contribution in [-0.4, -0.2) is 34.8 Å². The van der Waals surface area contributed by atoms with Gasteiger partial charge in [-0.2, -0.15) is 9.61 Å². The summed E-state index contributed by atoms with van der Waals surface area (Å²) in [5.41, 5.74) is 5.72. The number of aromatic nitrogens is 3. The fourth-order valence-corrected chi connectivity index (χ4v) is 5.03. The summed E-state index contributed by atoms with van der Waals surface area (Å²) in [4.78, 5) is 7.55. The zero-order valence-electron chi connectivity index (χ0n) is 17.0. The van der Waals surface area contributed by atoms with Gasteiger partial charge in [0.1, 0.15) is 11.6 Å². The number of benzene rings is 1. The van der Waals surface area contributed by atoms with E-state index in [0.717, 1.165) is 48.6 Å². The first kappa shape index (κ1) is 17.5. The maximum absolute atomic E-state index is 5.29. The first-order chi connectivity index (χ1) is 13.6. The number of ether oxygens (including phenoxy) is 1. The van der Waals surface area contributed by atoms with Crippen LogP contribution in [0.25, 0.3) is 16.9 Å². The van der Waals surface area contributed by atoms with Crippen molar-refractivity contribution in [3.63, 3.8) is 0 Å². The topological polar surface area (TPSA) is 42.7 Å². The van der Waals surface area contributed by atoms with Crippen molar-refractivity contribution in [2.75, 3.05) is 25.1 Å². The first-order valence-electron chi connectivity index (χ1n) is 10.4. The summed E-state index contributed by atoms with van der Waals surface area (Å²) in [7, 11) is 1.69. The van der Waals surface area contributed by atoms with Gasteiger partial charge >= 0.3 is 0 Å². The quantitative estimate of drug-likeness (QED) is 0.680. The lowest BCUT2D eigenvalue weighted by Crippen LogP contribution is -2.40. The maximum Gasteiger partial charge on any atom is 0.158 e. The molecule has 1 saturated heterocycles. The third-order valence-corrected chi connectivity index (χ3v) is 6.15. The van der Waals surface area contributed by atoms with Gasteiger partial charge in [0.25, 0.3) is 0 Å². The highest BCUT2D eigenvalue weighted by molar-refractivity contribution is 5.68. The molecule has 5 heteroatoms. The van der Waals surface area contributed by atoms with Crippen LogP contribution in [0.3, 0.4) is 0 Å². The molecule has 0 saturated carbocycles. The fourth-order valence-electron chi connectivity index (χ4n) is 5.03. The van der Waals surface area contributed by atoms with Gasteiger partial charge in [-0.15, -0.1) is 0 Å². The predicted molar refractivity (Wildman–Crippen MR) is 112 cm³/mol. The summed E-state index contributed by atoms with van der Waals surface area (Å²) in [5, 5.41) is 5.01. The minimum Gasteiger partial charge on any atom is -0.497 e. The Kier molecular flexibility index (Phi) is 4.26. The SMILES string of the molecule is COc1ccc(-c2cc3nc4c(c(N5C[C@@H](C)C[C@H](C)C5)n3n2)CCC4)cc1. The second-order valence-electron chi connectivity index (χ2n) is 8.59. The molecule has 2 aromatic heterocycles. The third kappa shape index (κ3) is 2.93. The number of nitrogens with zero attached hydrogens (tertiary/aromatic N) is 4. The maximum atomic E-state index is 5.29. The molecule has 3 aromatic rings. The van der Waals surface area contributed by atoms with Crippen LogP contribution in [0.4, 0.5) is 5.82 Å². The van der Waals surface area contributed by atoms with Crippen LogP contribution in [0.5, 0.6) is 5.75 Å². The molecule has 2 atom stereocenters. The molecule has 3 heterocycles. The van der Waals surface area contributed by atoms with Crippen LogP contribution in [0.15, 0.2) is 30.3 Å². The van der Waals surface area contributed by atoms with E-state index in [4.69, 9.17) is 14.8 Å². The Morgan fingerprint density at radius 3 is 2.50 bits per heavy atom. The van der Waals surface area contributed by atoms with E-state index in [-0.39, 0.29) is 0 Å². The van der Waals surface area contributed by atoms with E-state index in [9.17, 15) is 0 Å². The van der Waals surface area contributed by atoms with Gasteiger partial charge in [-0.25, -0.2) is 4.98 Å². The lowest BCUT2D eigenvalue weighted by Gasteiger charge is -2.37. The summed E-state index contributed by atoms with van der Waals surface area (Å²) < 4.78 is 7.40. The molecule has 0 radical (unpaired) electrons. The average Bonchev–Trinajstić information content (AvgIpc) is 3.31. The summed E-state index contributed by atoms with van der Waals surface area (Å²) in [6.07, 6.45) is 4.71. The van der Waals surface area contributed by atoms with E-state index in [1.165, 1.54) is 29.9 Å². The van der Waals surface area contributed by atoms with E-state index in [0.29, 0.717) is 11.8 Å². The van der Waals surface area contributed by atoms with Crippen molar-refractivity contribution in [2.45, 2.75) is 39.5 Å². The highest BCUT2D eigenvalue weighted by Gasteiger charge is 2.29. The zero-order valence-corrected chi connectivity index (χ0v) is 17.0. The van der Waals surface area contributed by atoms with E-state index >= 15 is 0 Å². The van der Waals surface area contributed by atoms with Crippen LogP contribution < -0.4 is 9.64 Å². The summed E-state index contributed by atoms with van der Waals surface area (Å²) >= 11 is 0. The highest BCUT2D eigenvalue weighted by atomic mass is 16.5. The van der Waals surface area contributed by atoms with Crippen LogP contribution in [0.2, 0.25) is 0 Å². The average molecular weight is 377 g/mol. The number of fused-ring (bicyclic) bond motifs is 2. The fraction of sp³-hybridized carbons (Fsp3) is 0.478. The number of hydrogen-bond acceptors (Lipinski definition) is 4. The van der Waals surface area contributed by atoms with Crippen molar-refractivity contribution < 1.29 is 4.74 Å². The third-order valence-electron chi connectivity index (χ3n) is 6.15. The van der Waals surface area contributed by atoms with E-state index < -0.39 is 0 Å². The van der Waals surface area contributed by atoms with E-state index in [2.05, 4.69) is 41.5 Å². The van der Waals surface area contributed by atoms with Crippen LogP contribution in [-0.2, 0) is 12.8 Å². The first-order valence-corrected chi connectivity index (χ1v) is 10.4. The van der Waals surface area contributed by atoms with Crippen molar-refractivity contribution in [1.29, 1.82) is 0 Å². The number of hydrogen-bond donors (Lipinski definition) is 0. The molecule has 2 aliphatic rings. The van der Waals surface area contributed by atoms with Gasteiger partial charge in [-0.1, -0.05) is 13.8 Å². The lowest BCUT2D eigenvalue weighted by atomic mass is 9.91. The summed E-state index contributed by atoms with van der Waals surface area (Å²) in [5.74, 6) is 3.57. The number of piperidine rings is 1. The Hall–Kier alpha value is -2.56. The standard InChI is InChI=1S/C23H28N4O/c1-15-11-16(2)14-26(13-15)23-19-5-4-6-20(19)24-22-12-21(25-27(22)23)17-7-9-18(28-3)10-8-17/h7-10,12,15-16H,4-6,11,13-14H2,1-3H3/t15-,16-/m0/s1. The Morgan fingerprint density at radius 1 is 1.04 bits per heavy atom. The Bertz CT molecular complexity index is 998. The van der Waals surface area contributed by atoms with E-state index in [1.807, 2.05) is 12.1 Å². The van der Waals surface area contributed by atoms with Gasteiger partial charge in [0, 0.05) is 36.0 Å². The number of aryl methyl sites for hydroxylation is 1. The van der Waals surface area contributed by atoms with Gasteiger partial charge in [-0.05, 0) is 61.8 Å². The molecule has 0 spiro atoms. The van der Waals surface area contributed by atoms with E-state index in [1.54, 1.807) is 7.11 Å². The molecule has 1 aromatic carbocycles.